The molecule has 0 aliphatic heterocycles. The third kappa shape index (κ3) is 3.72. The third-order valence-electron chi connectivity index (χ3n) is 2.91. The molecule has 2 aromatic rings. The van der Waals surface area contributed by atoms with Gasteiger partial charge in [0.2, 0.25) is 0 Å². The first-order valence-corrected chi connectivity index (χ1v) is 7.43. The van der Waals surface area contributed by atoms with Crippen molar-refractivity contribution in [3.8, 4) is 11.8 Å². The van der Waals surface area contributed by atoms with Gasteiger partial charge in [-0.3, -0.25) is 4.79 Å². The van der Waals surface area contributed by atoms with Crippen LogP contribution in [0.3, 0.4) is 0 Å². The average molecular weight is 283 g/mol. The molecule has 1 amide bonds. The minimum atomic E-state index is -0.0415. The molecule has 0 aliphatic rings. The maximum atomic E-state index is 12.0. The summed E-state index contributed by atoms with van der Waals surface area (Å²) in [5, 5.41) is 2.83. The lowest BCUT2D eigenvalue weighted by molar-refractivity contribution is 0.0962. The third-order valence-corrected chi connectivity index (χ3v) is 4.29. The highest BCUT2D eigenvalue weighted by Crippen LogP contribution is 2.21. The monoisotopic (exact) mass is 283 g/mol. The van der Waals surface area contributed by atoms with E-state index < -0.39 is 0 Å². The molecule has 3 heteroatoms. The van der Waals surface area contributed by atoms with E-state index in [9.17, 15) is 4.79 Å². The molecule has 20 heavy (non-hydrogen) atoms. The molecule has 0 saturated carbocycles. The highest BCUT2D eigenvalue weighted by atomic mass is 32.1. The van der Waals surface area contributed by atoms with Crippen molar-refractivity contribution in [2.24, 2.45) is 0 Å². The fourth-order valence-electron chi connectivity index (χ4n) is 1.86. The number of carbonyl (C=O) groups is 1. The highest BCUT2D eigenvalue weighted by molar-refractivity contribution is 7.14. The molecule has 1 N–H and O–H groups in total. The van der Waals surface area contributed by atoms with Crippen molar-refractivity contribution < 1.29 is 4.79 Å². The minimum Gasteiger partial charge on any atom is -0.340 e. The van der Waals surface area contributed by atoms with Crippen LogP contribution in [0.15, 0.2) is 36.4 Å². The lowest BCUT2D eigenvalue weighted by atomic mass is 10.2. The zero-order valence-corrected chi connectivity index (χ0v) is 12.5. The Morgan fingerprint density at radius 1 is 1.30 bits per heavy atom. The molecule has 0 spiro atoms. The van der Waals surface area contributed by atoms with E-state index in [-0.39, 0.29) is 5.91 Å². The van der Waals surface area contributed by atoms with Gasteiger partial charge in [0, 0.05) is 10.4 Å². The largest absolute Gasteiger partial charge is 0.340 e. The summed E-state index contributed by atoms with van der Waals surface area (Å²) in [4.78, 5) is 14.0. The van der Waals surface area contributed by atoms with Gasteiger partial charge in [-0.2, -0.15) is 0 Å². The number of aryl methyl sites for hydroxylation is 2. The second-order valence-corrected chi connectivity index (χ2v) is 5.56. The molecular formula is C17H17NOS. The molecule has 0 fully saturated rings. The summed E-state index contributed by atoms with van der Waals surface area (Å²) < 4.78 is 0. The van der Waals surface area contributed by atoms with E-state index in [0.717, 1.165) is 16.9 Å². The topological polar surface area (TPSA) is 29.1 Å². The Morgan fingerprint density at radius 3 is 2.70 bits per heavy atom. The summed E-state index contributed by atoms with van der Waals surface area (Å²) in [6.07, 6.45) is 0.970. The van der Waals surface area contributed by atoms with Crippen LogP contribution in [0.1, 0.15) is 32.6 Å². The second kappa shape index (κ2) is 6.93. The summed E-state index contributed by atoms with van der Waals surface area (Å²) in [6.45, 7) is 4.51. The molecule has 0 bridgehead atoms. The molecule has 0 saturated heterocycles. The number of hydrogen-bond donors (Lipinski definition) is 1. The number of amides is 1. The normalized spacial score (nSPS) is 9.70. The quantitative estimate of drug-likeness (QED) is 0.859. The van der Waals surface area contributed by atoms with E-state index in [1.54, 1.807) is 11.3 Å². The lowest BCUT2D eigenvalue weighted by Gasteiger charge is -1.97. The SMILES string of the molecule is CCc1sc(C(=O)NCC#Cc2ccccc2)cc1C. The first-order valence-electron chi connectivity index (χ1n) is 6.62. The van der Waals surface area contributed by atoms with Crippen LogP contribution in [-0.4, -0.2) is 12.5 Å². The highest BCUT2D eigenvalue weighted by Gasteiger charge is 2.10. The van der Waals surface area contributed by atoms with Crippen molar-refractivity contribution in [3.05, 3.63) is 57.3 Å². The van der Waals surface area contributed by atoms with E-state index >= 15 is 0 Å². The summed E-state index contributed by atoms with van der Waals surface area (Å²) >= 11 is 1.56. The minimum absolute atomic E-state index is 0.0415. The van der Waals surface area contributed by atoms with Crippen LogP contribution in [0.25, 0.3) is 0 Å². The number of nitrogens with one attached hydrogen (secondary N) is 1. The Labute approximate surface area is 123 Å². The first kappa shape index (κ1) is 14.4. The number of thiophene rings is 1. The van der Waals surface area contributed by atoms with Gasteiger partial charge in [-0.25, -0.2) is 0 Å². The molecule has 0 aliphatic carbocycles. The molecule has 1 aromatic heterocycles. The van der Waals surface area contributed by atoms with Crippen LogP contribution in [0.2, 0.25) is 0 Å². The van der Waals surface area contributed by atoms with Gasteiger partial charge >= 0.3 is 0 Å². The Bertz CT molecular complexity index is 647. The Balaban J connectivity index is 1.91. The molecule has 0 radical (unpaired) electrons. The average Bonchev–Trinajstić information content (AvgIpc) is 2.86. The predicted octanol–water partition coefficient (Wildman–Crippen LogP) is 3.40. The molecule has 2 rings (SSSR count). The van der Waals surface area contributed by atoms with Crippen molar-refractivity contribution in [1.82, 2.24) is 5.32 Å². The van der Waals surface area contributed by atoms with Gasteiger partial charge in [-0.15, -0.1) is 11.3 Å². The summed E-state index contributed by atoms with van der Waals surface area (Å²) in [5.74, 6) is 5.94. The zero-order chi connectivity index (χ0) is 14.4. The summed E-state index contributed by atoms with van der Waals surface area (Å²) in [5.41, 5.74) is 2.15. The fraction of sp³-hybridized carbons (Fsp3) is 0.235. The predicted molar refractivity (Wildman–Crippen MR) is 84.1 cm³/mol. The van der Waals surface area contributed by atoms with E-state index in [0.29, 0.717) is 6.54 Å². The fourth-order valence-corrected chi connectivity index (χ4v) is 2.89. The second-order valence-electron chi connectivity index (χ2n) is 4.42. The molecule has 2 nitrogen and oxygen atoms in total. The van der Waals surface area contributed by atoms with Crippen LogP contribution < -0.4 is 5.32 Å². The standard InChI is InChI=1S/C17H17NOS/c1-3-15-13(2)12-16(20-15)17(19)18-11-7-10-14-8-5-4-6-9-14/h4-6,8-9,12H,3,11H2,1-2H3,(H,18,19). The van der Waals surface area contributed by atoms with Crippen LogP contribution in [0, 0.1) is 18.8 Å². The van der Waals surface area contributed by atoms with Crippen molar-refractivity contribution in [2.45, 2.75) is 20.3 Å². The molecule has 1 heterocycles. The van der Waals surface area contributed by atoms with Gasteiger partial charge in [0.15, 0.2) is 0 Å². The van der Waals surface area contributed by atoms with Gasteiger partial charge in [-0.1, -0.05) is 37.0 Å². The van der Waals surface area contributed by atoms with E-state index in [1.165, 1.54) is 10.4 Å². The molecule has 0 atom stereocenters. The lowest BCUT2D eigenvalue weighted by Crippen LogP contribution is -2.22. The van der Waals surface area contributed by atoms with Gasteiger partial charge in [0.1, 0.15) is 0 Å². The van der Waals surface area contributed by atoms with Crippen LogP contribution in [0.4, 0.5) is 0 Å². The molecular weight excluding hydrogens is 266 g/mol. The smallest absolute Gasteiger partial charge is 0.262 e. The Kier molecular flexibility index (Phi) is 4.97. The van der Waals surface area contributed by atoms with E-state index in [2.05, 4.69) is 24.1 Å². The maximum absolute atomic E-state index is 12.0. The molecule has 1 aromatic carbocycles. The van der Waals surface area contributed by atoms with Crippen molar-refractivity contribution >= 4 is 17.2 Å². The zero-order valence-electron chi connectivity index (χ0n) is 11.7. The maximum Gasteiger partial charge on any atom is 0.262 e. The van der Waals surface area contributed by atoms with E-state index in [4.69, 9.17) is 0 Å². The van der Waals surface area contributed by atoms with Crippen LogP contribution >= 0.6 is 11.3 Å². The summed E-state index contributed by atoms with van der Waals surface area (Å²) in [6, 6.07) is 11.7. The van der Waals surface area contributed by atoms with E-state index in [1.807, 2.05) is 43.3 Å². The molecule has 102 valence electrons. The Hall–Kier alpha value is -2.05. The van der Waals surface area contributed by atoms with Gasteiger partial charge in [0.05, 0.1) is 11.4 Å². The molecule has 0 unspecified atom stereocenters. The summed E-state index contributed by atoms with van der Waals surface area (Å²) in [7, 11) is 0. The van der Waals surface area contributed by atoms with Crippen molar-refractivity contribution in [3.63, 3.8) is 0 Å². The number of benzene rings is 1. The first-order chi connectivity index (χ1) is 9.70. The van der Waals surface area contributed by atoms with Gasteiger partial charge in [-0.05, 0) is 37.1 Å². The number of hydrogen-bond acceptors (Lipinski definition) is 2. The number of carbonyl (C=O) groups excluding carboxylic acids is 1. The number of rotatable bonds is 3. The van der Waals surface area contributed by atoms with Gasteiger partial charge in [0.25, 0.3) is 5.91 Å². The van der Waals surface area contributed by atoms with Crippen LogP contribution in [-0.2, 0) is 6.42 Å². The van der Waals surface area contributed by atoms with Crippen LogP contribution in [0.5, 0.6) is 0 Å². The van der Waals surface area contributed by atoms with Crippen molar-refractivity contribution in [1.29, 1.82) is 0 Å². The van der Waals surface area contributed by atoms with Gasteiger partial charge < -0.3 is 5.32 Å². The van der Waals surface area contributed by atoms with Crippen molar-refractivity contribution in [2.75, 3.05) is 6.54 Å². The Morgan fingerprint density at radius 2 is 2.05 bits per heavy atom.